The van der Waals surface area contributed by atoms with Crippen LogP contribution < -0.4 is 10.1 Å². The Kier molecular flexibility index (Phi) is 5.26. The van der Waals surface area contributed by atoms with E-state index in [0.29, 0.717) is 36.2 Å². The van der Waals surface area contributed by atoms with Crippen LogP contribution in [0.2, 0.25) is 0 Å². The van der Waals surface area contributed by atoms with E-state index >= 15 is 0 Å². The molecule has 3 heterocycles. The molecule has 1 aliphatic rings. The molecule has 1 saturated heterocycles. The lowest BCUT2D eigenvalue weighted by Gasteiger charge is -2.31. The number of carbonyl (C=O) groups is 2. The van der Waals surface area contributed by atoms with Crippen LogP contribution in [0, 0.1) is 0 Å². The number of carbonyl (C=O) groups excluding carboxylic acids is 1. The molecule has 1 amide bonds. The van der Waals surface area contributed by atoms with Crippen molar-refractivity contribution in [3.63, 3.8) is 0 Å². The first kappa shape index (κ1) is 19.7. The van der Waals surface area contributed by atoms with E-state index in [1.807, 2.05) is 17.0 Å². The van der Waals surface area contributed by atoms with E-state index in [9.17, 15) is 14.7 Å². The number of nitrogens with zero attached hydrogens (tertiary/aromatic N) is 4. The number of nitrogens with one attached hydrogen (secondary N) is 1. The van der Waals surface area contributed by atoms with Gasteiger partial charge in [0.05, 0.1) is 5.52 Å². The molecule has 1 aliphatic heterocycles. The summed E-state index contributed by atoms with van der Waals surface area (Å²) in [5, 5.41) is 13.5. The predicted octanol–water partition coefficient (Wildman–Crippen LogP) is 2.88. The number of amides is 1. The van der Waals surface area contributed by atoms with Crippen molar-refractivity contribution >= 4 is 28.7 Å². The number of rotatable bonds is 5. The van der Waals surface area contributed by atoms with Crippen LogP contribution in [0.15, 0.2) is 36.5 Å². The second-order valence-electron chi connectivity index (χ2n) is 7.33. The first-order valence-electron chi connectivity index (χ1n) is 9.77. The van der Waals surface area contributed by atoms with E-state index in [0.717, 1.165) is 18.2 Å². The molecule has 9 heteroatoms. The Morgan fingerprint density at radius 2 is 2.00 bits per heavy atom. The Morgan fingerprint density at radius 1 is 1.23 bits per heavy atom. The number of aromatic carboxylic acids is 1. The van der Waals surface area contributed by atoms with Crippen molar-refractivity contribution in [2.75, 3.05) is 18.4 Å². The third-order valence-corrected chi connectivity index (χ3v) is 5.36. The molecule has 0 unspecified atom stereocenters. The molecule has 4 rings (SSSR count). The average molecular weight is 409 g/mol. The van der Waals surface area contributed by atoms with Crippen molar-refractivity contribution in [2.24, 2.45) is 7.05 Å². The van der Waals surface area contributed by atoms with Gasteiger partial charge in [-0.3, -0.25) is 4.79 Å². The maximum atomic E-state index is 11.5. The highest BCUT2D eigenvalue weighted by Crippen LogP contribution is 2.31. The van der Waals surface area contributed by atoms with Gasteiger partial charge in [-0.1, -0.05) is 12.1 Å². The number of hydrogen-bond acceptors (Lipinski definition) is 6. The second-order valence-corrected chi connectivity index (χ2v) is 7.33. The van der Waals surface area contributed by atoms with E-state index in [2.05, 4.69) is 15.3 Å². The lowest BCUT2D eigenvalue weighted by Crippen LogP contribution is -2.41. The lowest BCUT2D eigenvalue weighted by molar-refractivity contribution is -0.129. The number of aryl methyl sites for hydroxylation is 1. The molecule has 1 aromatic carbocycles. The van der Waals surface area contributed by atoms with Gasteiger partial charge in [0.15, 0.2) is 5.75 Å². The zero-order chi connectivity index (χ0) is 21.3. The molecule has 3 aromatic rings. The van der Waals surface area contributed by atoms with Crippen molar-refractivity contribution < 1.29 is 19.4 Å². The summed E-state index contributed by atoms with van der Waals surface area (Å²) in [6, 6.07) is 8.89. The highest BCUT2D eigenvalue weighted by molar-refractivity contribution is 5.96. The van der Waals surface area contributed by atoms with Crippen molar-refractivity contribution in [3.8, 4) is 11.6 Å². The number of anilines is 1. The van der Waals surface area contributed by atoms with Gasteiger partial charge in [0.2, 0.25) is 17.7 Å². The molecule has 0 radical (unpaired) electrons. The first-order chi connectivity index (χ1) is 14.4. The Balaban J connectivity index is 1.51. The molecule has 156 valence electrons. The number of ether oxygens (including phenoxy) is 1. The summed E-state index contributed by atoms with van der Waals surface area (Å²) in [5.41, 5.74) is 0.864. The van der Waals surface area contributed by atoms with Gasteiger partial charge in [-0.15, -0.1) is 0 Å². The number of benzene rings is 1. The highest BCUT2D eigenvalue weighted by Gasteiger charge is 2.21. The van der Waals surface area contributed by atoms with Crippen LogP contribution in [0.1, 0.15) is 30.3 Å². The molecule has 9 nitrogen and oxygen atoms in total. The van der Waals surface area contributed by atoms with Gasteiger partial charge in [-0.25, -0.2) is 9.78 Å². The number of aromatic nitrogens is 3. The fourth-order valence-corrected chi connectivity index (χ4v) is 3.77. The molecular formula is C21H23N5O4. The maximum absolute atomic E-state index is 11.5. The van der Waals surface area contributed by atoms with E-state index in [1.54, 1.807) is 42.9 Å². The molecular weight excluding hydrogens is 386 g/mol. The zero-order valence-corrected chi connectivity index (χ0v) is 16.8. The summed E-state index contributed by atoms with van der Waals surface area (Å²) in [6.07, 6.45) is 3.27. The topological polar surface area (TPSA) is 110 Å². The minimum atomic E-state index is -0.996. The fourth-order valence-electron chi connectivity index (χ4n) is 3.77. The van der Waals surface area contributed by atoms with E-state index in [-0.39, 0.29) is 17.6 Å². The van der Waals surface area contributed by atoms with Crippen LogP contribution in [0.25, 0.3) is 10.9 Å². The lowest BCUT2D eigenvalue weighted by atomic mass is 10.1. The van der Waals surface area contributed by atoms with Crippen LogP contribution in [0.4, 0.5) is 5.95 Å². The molecule has 1 fully saturated rings. The fraction of sp³-hybridized carbons (Fsp3) is 0.333. The van der Waals surface area contributed by atoms with Gasteiger partial charge in [-0.05, 0) is 25.0 Å². The summed E-state index contributed by atoms with van der Waals surface area (Å²) in [7, 11) is 1.69. The van der Waals surface area contributed by atoms with Gasteiger partial charge in [-0.2, -0.15) is 4.98 Å². The third kappa shape index (κ3) is 3.91. The van der Waals surface area contributed by atoms with Crippen LogP contribution in [-0.2, 0) is 11.8 Å². The maximum Gasteiger partial charge on any atom is 0.352 e. The van der Waals surface area contributed by atoms with E-state index in [4.69, 9.17) is 4.74 Å². The highest BCUT2D eigenvalue weighted by atomic mass is 16.5. The smallest absolute Gasteiger partial charge is 0.352 e. The zero-order valence-electron chi connectivity index (χ0n) is 16.8. The molecule has 0 atom stereocenters. The van der Waals surface area contributed by atoms with Crippen LogP contribution in [0.5, 0.6) is 11.6 Å². The number of carboxylic acid groups (broad SMARTS) is 1. The number of fused-ring (bicyclic) bond motifs is 1. The monoisotopic (exact) mass is 409 g/mol. The third-order valence-electron chi connectivity index (χ3n) is 5.36. The summed E-state index contributed by atoms with van der Waals surface area (Å²) >= 11 is 0. The van der Waals surface area contributed by atoms with Gasteiger partial charge < -0.3 is 24.6 Å². The van der Waals surface area contributed by atoms with Crippen molar-refractivity contribution in [2.45, 2.75) is 25.8 Å². The van der Waals surface area contributed by atoms with Crippen molar-refractivity contribution in [3.05, 3.63) is 42.2 Å². The molecule has 0 spiro atoms. The molecule has 30 heavy (non-hydrogen) atoms. The number of likely N-dealkylation sites (tertiary alicyclic amines) is 1. The molecule has 0 saturated carbocycles. The van der Waals surface area contributed by atoms with Gasteiger partial charge in [0, 0.05) is 50.8 Å². The number of para-hydroxylation sites is 1. The normalized spacial score (nSPS) is 14.7. The Morgan fingerprint density at radius 3 is 2.70 bits per heavy atom. The van der Waals surface area contributed by atoms with Gasteiger partial charge in [0.25, 0.3) is 0 Å². The molecule has 2 aromatic heterocycles. The Labute approximate surface area is 173 Å². The minimum absolute atomic E-state index is 0.0982. The molecule has 0 bridgehead atoms. The molecule has 2 N–H and O–H groups in total. The minimum Gasteiger partial charge on any atom is -0.477 e. The van der Waals surface area contributed by atoms with Crippen molar-refractivity contribution in [1.82, 2.24) is 19.4 Å². The average Bonchev–Trinajstić information content (AvgIpc) is 3.07. The largest absolute Gasteiger partial charge is 0.477 e. The summed E-state index contributed by atoms with van der Waals surface area (Å²) in [5.74, 6) is 0.435. The van der Waals surface area contributed by atoms with Crippen LogP contribution in [0.3, 0.4) is 0 Å². The number of piperidine rings is 1. The number of hydrogen-bond donors (Lipinski definition) is 2. The summed E-state index contributed by atoms with van der Waals surface area (Å²) < 4.78 is 7.58. The van der Waals surface area contributed by atoms with Gasteiger partial charge in [0.1, 0.15) is 5.69 Å². The van der Waals surface area contributed by atoms with E-state index < -0.39 is 5.97 Å². The van der Waals surface area contributed by atoms with Crippen molar-refractivity contribution in [1.29, 1.82) is 0 Å². The van der Waals surface area contributed by atoms with E-state index in [1.165, 1.54) is 0 Å². The Hall–Kier alpha value is -3.62. The molecule has 0 aliphatic carbocycles. The SMILES string of the molecule is CC(=O)N1CCC(Nc2nccc(Oc3cccc4cc(C(=O)O)n(C)c34)n2)CC1. The number of carboxylic acids is 1. The van der Waals surface area contributed by atoms with Crippen LogP contribution >= 0.6 is 0 Å². The summed E-state index contributed by atoms with van der Waals surface area (Å²) in [4.78, 5) is 33.5. The van der Waals surface area contributed by atoms with Crippen LogP contribution in [-0.4, -0.2) is 55.5 Å². The summed E-state index contributed by atoms with van der Waals surface area (Å²) in [6.45, 7) is 3.01. The predicted molar refractivity (Wildman–Crippen MR) is 111 cm³/mol. The standard InChI is InChI=1S/C21H23N5O4/c1-13(27)26-10-7-15(8-11-26)23-21-22-9-6-18(24-21)30-17-5-3-4-14-12-16(20(28)29)25(2)19(14)17/h3-6,9,12,15H,7-8,10-11H2,1-2H3,(H,28,29)(H,22,23,24). The van der Waals surface area contributed by atoms with Gasteiger partial charge >= 0.3 is 5.97 Å². The first-order valence-corrected chi connectivity index (χ1v) is 9.77. The second kappa shape index (κ2) is 8.02. The quantitative estimate of drug-likeness (QED) is 0.667. The Bertz CT molecular complexity index is 1100.